The van der Waals surface area contributed by atoms with Crippen molar-refractivity contribution in [2.24, 2.45) is 0 Å². The van der Waals surface area contributed by atoms with Crippen LogP contribution in [0.25, 0.3) is 0 Å². The van der Waals surface area contributed by atoms with Crippen molar-refractivity contribution >= 4 is 5.82 Å². The molecule has 0 unspecified atom stereocenters. The van der Waals surface area contributed by atoms with E-state index in [0.717, 1.165) is 12.4 Å². The number of hydrogen-bond donors (Lipinski definition) is 0. The second-order valence-electron chi connectivity index (χ2n) is 4.50. The molecule has 0 amide bonds. The van der Waals surface area contributed by atoms with E-state index >= 15 is 0 Å². The molecule has 4 heteroatoms. The number of nitriles is 1. The summed E-state index contributed by atoms with van der Waals surface area (Å²) in [6.45, 7) is 6.32. The van der Waals surface area contributed by atoms with Gasteiger partial charge in [0.2, 0.25) is 0 Å². The van der Waals surface area contributed by atoms with Gasteiger partial charge in [-0.3, -0.25) is 0 Å². The average molecular weight is 217 g/mol. The fourth-order valence-corrected chi connectivity index (χ4v) is 1.95. The van der Waals surface area contributed by atoms with Crippen molar-refractivity contribution in [1.82, 2.24) is 4.98 Å². The summed E-state index contributed by atoms with van der Waals surface area (Å²) in [6.07, 6.45) is 1.72. The van der Waals surface area contributed by atoms with Gasteiger partial charge in [-0.05, 0) is 26.0 Å². The first kappa shape index (κ1) is 10.9. The van der Waals surface area contributed by atoms with Gasteiger partial charge in [-0.15, -0.1) is 0 Å². The molecule has 0 N–H and O–H groups in total. The highest BCUT2D eigenvalue weighted by atomic mass is 16.5. The fourth-order valence-electron chi connectivity index (χ4n) is 1.95. The molecule has 0 radical (unpaired) electrons. The number of morpholine rings is 1. The van der Waals surface area contributed by atoms with Crippen LogP contribution in [0.15, 0.2) is 18.3 Å². The van der Waals surface area contributed by atoms with Gasteiger partial charge < -0.3 is 9.64 Å². The molecular weight excluding hydrogens is 202 g/mol. The zero-order chi connectivity index (χ0) is 11.6. The molecule has 1 aromatic heterocycles. The van der Waals surface area contributed by atoms with E-state index in [4.69, 9.17) is 10.00 Å². The van der Waals surface area contributed by atoms with E-state index in [0.29, 0.717) is 18.8 Å². The molecule has 0 bridgehead atoms. The Morgan fingerprint density at radius 2 is 2.38 bits per heavy atom. The molecule has 1 aromatic rings. The van der Waals surface area contributed by atoms with Crippen molar-refractivity contribution in [3.05, 3.63) is 23.9 Å². The minimum Gasteiger partial charge on any atom is -0.377 e. The Kier molecular flexibility index (Phi) is 2.80. The summed E-state index contributed by atoms with van der Waals surface area (Å²) >= 11 is 0. The summed E-state index contributed by atoms with van der Waals surface area (Å²) in [5, 5.41) is 9.07. The second kappa shape index (κ2) is 4.11. The predicted octanol–water partition coefficient (Wildman–Crippen LogP) is 1.57. The lowest BCUT2D eigenvalue weighted by atomic mass is 10.0. The number of ether oxygens (including phenoxy) is 1. The quantitative estimate of drug-likeness (QED) is 0.716. The molecule has 0 saturated carbocycles. The largest absolute Gasteiger partial charge is 0.377 e. The van der Waals surface area contributed by atoms with Crippen LogP contribution in [0.5, 0.6) is 0 Å². The summed E-state index contributed by atoms with van der Waals surface area (Å²) < 4.78 is 5.46. The standard InChI is InChI=1S/C12H15N3O/c1-12(2)9-16-7-6-15(12)11-10(8-13)4-3-5-14-11/h3-5H,6-7,9H2,1-2H3. The minimum absolute atomic E-state index is 0.113. The van der Waals surface area contributed by atoms with Crippen LogP contribution in [0.4, 0.5) is 5.82 Å². The van der Waals surface area contributed by atoms with E-state index in [1.165, 1.54) is 0 Å². The molecule has 1 aliphatic rings. The van der Waals surface area contributed by atoms with Gasteiger partial charge in [0.15, 0.2) is 0 Å². The fraction of sp³-hybridized carbons (Fsp3) is 0.500. The molecule has 0 aliphatic carbocycles. The first-order valence-corrected chi connectivity index (χ1v) is 5.36. The molecule has 0 aromatic carbocycles. The zero-order valence-electron chi connectivity index (χ0n) is 9.60. The molecule has 2 rings (SSSR count). The topological polar surface area (TPSA) is 49.1 Å². The Morgan fingerprint density at radius 3 is 3.06 bits per heavy atom. The van der Waals surface area contributed by atoms with Crippen molar-refractivity contribution in [3.8, 4) is 6.07 Å². The average Bonchev–Trinajstić information content (AvgIpc) is 2.28. The molecule has 1 fully saturated rings. The molecule has 4 nitrogen and oxygen atoms in total. The van der Waals surface area contributed by atoms with Crippen LogP contribution in [-0.2, 0) is 4.74 Å². The second-order valence-corrected chi connectivity index (χ2v) is 4.50. The summed E-state index contributed by atoms with van der Waals surface area (Å²) in [4.78, 5) is 6.46. The monoisotopic (exact) mass is 217 g/mol. The summed E-state index contributed by atoms with van der Waals surface area (Å²) in [6, 6.07) is 5.77. The van der Waals surface area contributed by atoms with Crippen LogP contribution in [0.1, 0.15) is 19.4 Å². The summed E-state index contributed by atoms with van der Waals surface area (Å²) in [7, 11) is 0. The molecule has 84 valence electrons. The molecule has 2 heterocycles. The van der Waals surface area contributed by atoms with Gasteiger partial charge in [-0.25, -0.2) is 4.98 Å². The first-order chi connectivity index (χ1) is 7.65. The van der Waals surface area contributed by atoms with E-state index in [-0.39, 0.29) is 5.54 Å². The number of anilines is 1. The number of aromatic nitrogens is 1. The first-order valence-electron chi connectivity index (χ1n) is 5.36. The molecule has 1 saturated heterocycles. The smallest absolute Gasteiger partial charge is 0.147 e. The highest BCUT2D eigenvalue weighted by Crippen LogP contribution is 2.27. The third-order valence-corrected chi connectivity index (χ3v) is 2.81. The van der Waals surface area contributed by atoms with Crippen LogP contribution < -0.4 is 4.90 Å². The Bertz CT molecular complexity index is 423. The van der Waals surface area contributed by atoms with Gasteiger partial charge in [0.1, 0.15) is 11.9 Å². The Morgan fingerprint density at radius 1 is 1.56 bits per heavy atom. The molecule has 0 atom stereocenters. The number of hydrogen-bond acceptors (Lipinski definition) is 4. The maximum absolute atomic E-state index is 9.07. The van der Waals surface area contributed by atoms with Gasteiger partial charge in [0, 0.05) is 12.7 Å². The van der Waals surface area contributed by atoms with Crippen molar-refractivity contribution in [2.45, 2.75) is 19.4 Å². The minimum atomic E-state index is -0.113. The lowest BCUT2D eigenvalue weighted by Gasteiger charge is -2.43. The zero-order valence-corrected chi connectivity index (χ0v) is 9.60. The van der Waals surface area contributed by atoms with Gasteiger partial charge in [-0.2, -0.15) is 5.26 Å². The van der Waals surface area contributed by atoms with Crippen molar-refractivity contribution < 1.29 is 4.74 Å². The van der Waals surface area contributed by atoms with Crippen molar-refractivity contribution in [2.75, 3.05) is 24.7 Å². The summed E-state index contributed by atoms with van der Waals surface area (Å²) in [5.41, 5.74) is 0.510. The highest BCUT2D eigenvalue weighted by Gasteiger charge is 2.32. The molecule has 16 heavy (non-hydrogen) atoms. The maximum Gasteiger partial charge on any atom is 0.147 e. The Hall–Kier alpha value is -1.60. The number of rotatable bonds is 1. The summed E-state index contributed by atoms with van der Waals surface area (Å²) in [5.74, 6) is 0.762. The molecular formula is C12H15N3O. The van der Waals surface area contributed by atoms with E-state index in [1.807, 2.05) is 0 Å². The van der Waals surface area contributed by atoms with Crippen molar-refractivity contribution in [3.63, 3.8) is 0 Å². The van der Waals surface area contributed by atoms with Gasteiger partial charge in [0.05, 0.1) is 24.3 Å². The third-order valence-electron chi connectivity index (χ3n) is 2.81. The van der Waals surface area contributed by atoms with Gasteiger partial charge >= 0.3 is 0 Å². The van der Waals surface area contributed by atoms with E-state index in [2.05, 4.69) is 29.8 Å². The van der Waals surface area contributed by atoms with E-state index in [1.54, 1.807) is 18.3 Å². The normalized spacial score (nSPS) is 19.2. The maximum atomic E-state index is 9.07. The van der Waals surface area contributed by atoms with Crippen LogP contribution in [0.2, 0.25) is 0 Å². The lowest BCUT2D eigenvalue weighted by Crippen LogP contribution is -2.53. The Labute approximate surface area is 95.5 Å². The lowest BCUT2D eigenvalue weighted by molar-refractivity contribution is 0.0639. The predicted molar refractivity (Wildman–Crippen MR) is 61.2 cm³/mol. The number of pyridine rings is 1. The van der Waals surface area contributed by atoms with Crippen LogP contribution in [0.3, 0.4) is 0 Å². The SMILES string of the molecule is CC1(C)COCCN1c1ncccc1C#N. The van der Waals surface area contributed by atoms with Crippen LogP contribution >= 0.6 is 0 Å². The van der Waals surface area contributed by atoms with Crippen LogP contribution in [-0.4, -0.2) is 30.3 Å². The van der Waals surface area contributed by atoms with Gasteiger partial charge in [-0.1, -0.05) is 0 Å². The highest BCUT2D eigenvalue weighted by molar-refractivity contribution is 5.55. The van der Waals surface area contributed by atoms with E-state index < -0.39 is 0 Å². The van der Waals surface area contributed by atoms with E-state index in [9.17, 15) is 0 Å². The van der Waals surface area contributed by atoms with Crippen molar-refractivity contribution in [1.29, 1.82) is 5.26 Å². The molecule has 1 aliphatic heterocycles. The third kappa shape index (κ3) is 1.86. The van der Waals surface area contributed by atoms with Crippen LogP contribution in [0, 0.1) is 11.3 Å². The number of nitrogens with zero attached hydrogens (tertiary/aromatic N) is 3. The van der Waals surface area contributed by atoms with Gasteiger partial charge in [0.25, 0.3) is 0 Å². The molecule has 0 spiro atoms. The Balaban J connectivity index is 2.39.